The van der Waals surface area contributed by atoms with Crippen molar-refractivity contribution in [2.24, 2.45) is 5.92 Å². The average Bonchev–Trinajstić information content (AvgIpc) is 3.18. The largest absolute Gasteiger partial charge is 0.394 e. The topological polar surface area (TPSA) is 71.2 Å². The normalized spacial score (nSPS) is 17.1. The molecule has 29 heavy (non-hydrogen) atoms. The molecule has 4 rings (SSSR count). The lowest BCUT2D eigenvalue weighted by Crippen LogP contribution is -2.39. The van der Waals surface area contributed by atoms with Crippen LogP contribution in [0, 0.1) is 19.8 Å². The predicted octanol–water partition coefficient (Wildman–Crippen LogP) is 3.58. The molecule has 1 atom stereocenters. The summed E-state index contributed by atoms with van der Waals surface area (Å²) in [5.41, 5.74) is 5.41. The lowest BCUT2D eigenvalue weighted by Gasteiger charge is -2.31. The zero-order valence-corrected chi connectivity index (χ0v) is 17.4. The molecule has 0 aliphatic carbocycles. The van der Waals surface area contributed by atoms with Crippen molar-refractivity contribution < 1.29 is 9.90 Å². The van der Waals surface area contributed by atoms with Crippen molar-refractivity contribution in [3.8, 4) is 11.3 Å². The summed E-state index contributed by atoms with van der Waals surface area (Å²) in [6, 6.07) is 5.98. The van der Waals surface area contributed by atoms with Crippen molar-refractivity contribution in [1.29, 1.82) is 0 Å². The summed E-state index contributed by atoms with van der Waals surface area (Å²) in [5, 5.41) is 14.4. The molecule has 6 heteroatoms. The highest BCUT2D eigenvalue weighted by Crippen LogP contribution is 2.30. The molecule has 6 nitrogen and oxygen atoms in total. The number of aromatic nitrogens is 3. The maximum atomic E-state index is 13.5. The Hall–Kier alpha value is -2.73. The van der Waals surface area contributed by atoms with Gasteiger partial charge in [0, 0.05) is 30.2 Å². The Morgan fingerprint density at radius 1 is 1.31 bits per heavy atom. The van der Waals surface area contributed by atoms with Crippen molar-refractivity contribution in [2.75, 3.05) is 19.7 Å². The van der Waals surface area contributed by atoms with E-state index in [1.807, 2.05) is 23.2 Å². The van der Waals surface area contributed by atoms with Crippen LogP contribution in [0.1, 0.15) is 41.3 Å². The number of amides is 1. The number of pyridine rings is 1. The Morgan fingerprint density at radius 2 is 2.14 bits per heavy atom. The van der Waals surface area contributed by atoms with Gasteiger partial charge in [0.15, 0.2) is 0 Å². The van der Waals surface area contributed by atoms with Gasteiger partial charge in [0.2, 0.25) is 0 Å². The van der Waals surface area contributed by atoms with E-state index < -0.39 is 0 Å². The van der Waals surface area contributed by atoms with Gasteiger partial charge in [0.25, 0.3) is 5.91 Å². The number of aryl methyl sites for hydroxylation is 2. The fourth-order valence-electron chi connectivity index (χ4n) is 4.12. The number of hydrogen-bond donors (Lipinski definition) is 1. The van der Waals surface area contributed by atoms with Crippen LogP contribution in [0.15, 0.2) is 30.6 Å². The molecule has 1 N–H and O–H groups in total. The minimum atomic E-state index is 0.0292. The first-order valence-corrected chi connectivity index (χ1v) is 10.3. The van der Waals surface area contributed by atoms with E-state index in [0.29, 0.717) is 18.0 Å². The third kappa shape index (κ3) is 3.77. The molecule has 1 unspecified atom stereocenters. The SMILES string of the molecule is Cc1ccc2c(C(=O)N3CCCC(C)C3)cc(-c3cnn(CCO)c3)nc2c1C. The number of carbonyl (C=O) groups is 1. The lowest BCUT2D eigenvalue weighted by atomic mass is 9.96. The number of piperidine rings is 1. The van der Waals surface area contributed by atoms with Crippen LogP contribution >= 0.6 is 0 Å². The van der Waals surface area contributed by atoms with Gasteiger partial charge in [-0.25, -0.2) is 4.98 Å². The molecule has 2 aromatic heterocycles. The van der Waals surface area contributed by atoms with Crippen LogP contribution in [-0.2, 0) is 6.54 Å². The van der Waals surface area contributed by atoms with Crippen molar-refractivity contribution in [1.82, 2.24) is 19.7 Å². The smallest absolute Gasteiger partial charge is 0.254 e. The third-order valence-electron chi connectivity index (χ3n) is 5.94. The summed E-state index contributed by atoms with van der Waals surface area (Å²) in [4.78, 5) is 20.4. The summed E-state index contributed by atoms with van der Waals surface area (Å²) < 4.78 is 1.69. The zero-order valence-electron chi connectivity index (χ0n) is 17.4. The Kier molecular flexibility index (Phi) is 5.37. The summed E-state index contributed by atoms with van der Waals surface area (Å²) in [6.07, 6.45) is 5.84. The standard InChI is InChI=1S/C23H28N4O2/c1-15-5-4-8-26(13-15)23(29)20-11-21(18-12-24-27(14-18)9-10-28)25-22-17(3)16(2)6-7-19(20)22/h6-7,11-12,14-15,28H,4-5,8-10,13H2,1-3H3. The molecule has 1 saturated heterocycles. The van der Waals surface area contributed by atoms with Gasteiger partial charge in [-0.2, -0.15) is 5.10 Å². The number of aliphatic hydroxyl groups excluding tert-OH is 1. The number of carbonyl (C=O) groups excluding carboxylic acids is 1. The second kappa shape index (κ2) is 7.95. The van der Waals surface area contributed by atoms with Crippen LogP contribution in [0.4, 0.5) is 0 Å². The van der Waals surface area contributed by atoms with E-state index >= 15 is 0 Å². The Morgan fingerprint density at radius 3 is 2.90 bits per heavy atom. The number of benzene rings is 1. The van der Waals surface area contributed by atoms with Crippen molar-refractivity contribution in [3.05, 3.63) is 47.3 Å². The van der Waals surface area contributed by atoms with Crippen LogP contribution < -0.4 is 0 Å². The highest BCUT2D eigenvalue weighted by atomic mass is 16.3. The summed E-state index contributed by atoms with van der Waals surface area (Å²) in [5.74, 6) is 0.608. The highest BCUT2D eigenvalue weighted by molar-refractivity contribution is 6.08. The number of nitrogens with zero attached hydrogens (tertiary/aromatic N) is 4. The summed E-state index contributed by atoms with van der Waals surface area (Å²) in [7, 11) is 0. The van der Waals surface area contributed by atoms with Gasteiger partial charge in [-0.1, -0.05) is 19.1 Å². The molecule has 0 spiro atoms. The quantitative estimate of drug-likeness (QED) is 0.737. The number of rotatable bonds is 4. The summed E-state index contributed by atoms with van der Waals surface area (Å²) >= 11 is 0. The van der Waals surface area contributed by atoms with Crippen LogP contribution in [0.5, 0.6) is 0 Å². The molecule has 1 aliphatic heterocycles. The van der Waals surface area contributed by atoms with Gasteiger partial charge in [-0.3, -0.25) is 9.48 Å². The van der Waals surface area contributed by atoms with Crippen LogP contribution in [-0.4, -0.2) is 50.4 Å². The van der Waals surface area contributed by atoms with E-state index in [4.69, 9.17) is 10.1 Å². The van der Waals surface area contributed by atoms with E-state index in [1.54, 1.807) is 10.9 Å². The molecule has 0 saturated carbocycles. The monoisotopic (exact) mass is 392 g/mol. The van der Waals surface area contributed by atoms with Gasteiger partial charge < -0.3 is 10.0 Å². The second-order valence-electron chi connectivity index (χ2n) is 8.17. The first kappa shape index (κ1) is 19.6. The van der Waals surface area contributed by atoms with Crippen LogP contribution in [0.25, 0.3) is 22.2 Å². The molecule has 1 fully saturated rings. The molecule has 1 aromatic carbocycles. The van der Waals surface area contributed by atoms with Gasteiger partial charge in [-0.15, -0.1) is 0 Å². The molecular weight excluding hydrogens is 364 g/mol. The maximum Gasteiger partial charge on any atom is 0.254 e. The van der Waals surface area contributed by atoms with E-state index in [0.717, 1.165) is 52.8 Å². The molecule has 3 heterocycles. The first-order valence-electron chi connectivity index (χ1n) is 10.3. The average molecular weight is 393 g/mol. The molecule has 1 aliphatic rings. The minimum Gasteiger partial charge on any atom is -0.394 e. The first-order chi connectivity index (χ1) is 14.0. The molecule has 1 amide bonds. The predicted molar refractivity (Wildman–Crippen MR) is 114 cm³/mol. The third-order valence-corrected chi connectivity index (χ3v) is 5.94. The lowest BCUT2D eigenvalue weighted by molar-refractivity contribution is 0.0685. The fraction of sp³-hybridized carbons (Fsp3) is 0.435. The van der Waals surface area contributed by atoms with Crippen LogP contribution in [0.3, 0.4) is 0 Å². The van der Waals surface area contributed by atoms with E-state index in [2.05, 4.69) is 31.9 Å². The second-order valence-corrected chi connectivity index (χ2v) is 8.17. The highest BCUT2D eigenvalue weighted by Gasteiger charge is 2.25. The van der Waals surface area contributed by atoms with E-state index in [9.17, 15) is 4.79 Å². The number of fused-ring (bicyclic) bond motifs is 1. The molecule has 0 bridgehead atoms. The Labute approximate surface area is 171 Å². The Balaban J connectivity index is 1.85. The van der Waals surface area contributed by atoms with Gasteiger partial charge in [-0.05, 0) is 49.8 Å². The van der Waals surface area contributed by atoms with Crippen molar-refractivity contribution in [2.45, 2.75) is 40.2 Å². The van der Waals surface area contributed by atoms with Crippen molar-refractivity contribution >= 4 is 16.8 Å². The zero-order chi connectivity index (χ0) is 20.5. The number of aliphatic hydroxyl groups is 1. The minimum absolute atomic E-state index is 0.0292. The van der Waals surface area contributed by atoms with E-state index in [-0.39, 0.29) is 12.5 Å². The number of hydrogen-bond acceptors (Lipinski definition) is 4. The van der Waals surface area contributed by atoms with Gasteiger partial charge in [0.1, 0.15) is 0 Å². The van der Waals surface area contributed by atoms with Crippen LogP contribution in [0.2, 0.25) is 0 Å². The Bertz CT molecular complexity index is 1060. The molecular formula is C23H28N4O2. The van der Waals surface area contributed by atoms with Crippen molar-refractivity contribution in [3.63, 3.8) is 0 Å². The maximum absolute atomic E-state index is 13.5. The van der Waals surface area contributed by atoms with E-state index in [1.165, 1.54) is 6.42 Å². The molecule has 3 aromatic rings. The van der Waals surface area contributed by atoms with Gasteiger partial charge >= 0.3 is 0 Å². The summed E-state index contributed by atoms with van der Waals surface area (Å²) in [6.45, 7) is 8.40. The fourth-order valence-corrected chi connectivity index (χ4v) is 4.12. The number of likely N-dealkylation sites (tertiary alicyclic amines) is 1. The van der Waals surface area contributed by atoms with Gasteiger partial charge in [0.05, 0.1) is 36.1 Å². The molecule has 152 valence electrons. The molecule has 0 radical (unpaired) electrons.